The van der Waals surface area contributed by atoms with E-state index in [2.05, 4.69) is 13.8 Å². The van der Waals surface area contributed by atoms with Gasteiger partial charge in [0.1, 0.15) is 6.04 Å². The van der Waals surface area contributed by atoms with Gasteiger partial charge in [-0.3, -0.25) is 9.59 Å². The van der Waals surface area contributed by atoms with Gasteiger partial charge in [-0.05, 0) is 55.7 Å². The molecule has 1 aliphatic carbocycles. The molecular weight excluding hydrogens is 414 g/mol. The average Bonchev–Trinajstić information content (AvgIpc) is 3.54. The summed E-state index contributed by atoms with van der Waals surface area (Å²) in [7, 11) is -3.58. The number of carbonyl (C=O) groups is 2. The number of piperazine rings is 1. The number of hydrogen-bond acceptors (Lipinski definition) is 4. The van der Waals surface area contributed by atoms with E-state index in [1.165, 1.54) is 4.31 Å². The number of likely N-dealkylation sites (tertiary alicyclic amines) is 1. The van der Waals surface area contributed by atoms with E-state index in [1.54, 1.807) is 21.9 Å². The summed E-state index contributed by atoms with van der Waals surface area (Å²) in [4.78, 5) is 29.4. The quantitative estimate of drug-likeness (QED) is 0.671. The molecule has 3 aliphatic rings. The third-order valence-electron chi connectivity index (χ3n) is 7.00. The van der Waals surface area contributed by atoms with Crippen LogP contribution in [0.25, 0.3) is 0 Å². The minimum atomic E-state index is -3.58. The summed E-state index contributed by atoms with van der Waals surface area (Å²) in [5.74, 6) is 0.606. The normalized spacial score (nSPS) is 23.7. The second kappa shape index (κ2) is 8.90. The van der Waals surface area contributed by atoms with Crippen molar-refractivity contribution >= 4 is 21.8 Å². The number of benzene rings is 1. The largest absolute Gasteiger partial charge is 0.338 e. The van der Waals surface area contributed by atoms with E-state index in [1.807, 2.05) is 12.1 Å². The Kier molecular flexibility index (Phi) is 6.40. The Hall–Kier alpha value is -1.93. The summed E-state index contributed by atoms with van der Waals surface area (Å²) >= 11 is 0. The van der Waals surface area contributed by atoms with Crippen molar-refractivity contribution in [2.45, 2.75) is 62.8 Å². The van der Waals surface area contributed by atoms with Gasteiger partial charge in [0, 0.05) is 38.6 Å². The van der Waals surface area contributed by atoms with Crippen LogP contribution in [0.3, 0.4) is 0 Å². The van der Waals surface area contributed by atoms with Crippen LogP contribution in [0, 0.1) is 5.92 Å². The van der Waals surface area contributed by atoms with Crippen molar-refractivity contribution in [1.29, 1.82) is 0 Å². The fraction of sp³-hybridized carbons (Fsp3) is 0.652. The third-order valence-corrected chi connectivity index (χ3v) is 8.91. The van der Waals surface area contributed by atoms with Crippen molar-refractivity contribution < 1.29 is 18.0 Å². The Balaban J connectivity index is 1.37. The molecule has 1 aromatic carbocycles. The van der Waals surface area contributed by atoms with Crippen molar-refractivity contribution in [2.24, 2.45) is 5.92 Å². The second-order valence-electron chi connectivity index (χ2n) is 9.07. The van der Waals surface area contributed by atoms with E-state index in [0.29, 0.717) is 36.9 Å². The third kappa shape index (κ3) is 4.51. The first kappa shape index (κ1) is 22.3. The van der Waals surface area contributed by atoms with Crippen LogP contribution in [0.5, 0.6) is 0 Å². The summed E-state index contributed by atoms with van der Waals surface area (Å²) in [5.41, 5.74) is 1.14. The molecule has 7 nitrogen and oxygen atoms in total. The first-order valence-electron chi connectivity index (χ1n) is 11.5. The molecule has 2 heterocycles. The predicted octanol–water partition coefficient (Wildman–Crippen LogP) is 2.43. The van der Waals surface area contributed by atoms with Crippen molar-refractivity contribution in [3.8, 4) is 0 Å². The zero-order valence-corrected chi connectivity index (χ0v) is 19.3. The molecule has 1 aromatic rings. The molecule has 170 valence electrons. The van der Waals surface area contributed by atoms with Crippen molar-refractivity contribution in [3.05, 3.63) is 29.8 Å². The van der Waals surface area contributed by atoms with Crippen LogP contribution in [0.15, 0.2) is 29.2 Å². The number of nitrogens with zero attached hydrogens (tertiary/aromatic N) is 3. The van der Waals surface area contributed by atoms with Gasteiger partial charge in [-0.2, -0.15) is 4.31 Å². The molecule has 0 aromatic heterocycles. The molecule has 8 heteroatoms. The lowest BCUT2D eigenvalue weighted by Crippen LogP contribution is -2.55. The van der Waals surface area contributed by atoms with E-state index in [9.17, 15) is 18.0 Å². The number of amides is 2. The van der Waals surface area contributed by atoms with E-state index in [4.69, 9.17) is 0 Å². The molecule has 2 amide bonds. The Morgan fingerprint density at radius 3 is 2.19 bits per heavy atom. The fourth-order valence-corrected chi connectivity index (χ4v) is 5.99. The first-order valence-corrected chi connectivity index (χ1v) is 13.0. The van der Waals surface area contributed by atoms with Gasteiger partial charge >= 0.3 is 0 Å². The number of rotatable bonds is 6. The van der Waals surface area contributed by atoms with Crippen molar-refractivity contribution in [1.82, 2.24) is 14.1 Å². The zero-order valence-electron chi connectivity index (χ0n) is 18.5. The van der Waals surface area contributed by atoms with Crippen LogP contribution >= 0.6 is 0 Å². The number of carbonyl (C=O) groups excluding carboxylic acids is 2. The maximum Gasteiger partial charge on any atom is 0.245 e. The summed E-state index contributed by atoms with van der Waals surface area (Å²) in [6, 6.07) is 6.80. The summed E-state index contributed by atoms with van der Waals surface area (Å²) < 4.78 is 27.6. The average molecular weight is 448 g/mol. The zero-order chi connectivity index (χ0) is 22.2. The predicted molar refractivity (Wildman–Crippen MR) is 118 cm³/mol. The summed E-state index contributed by atoms with van der Waals surface area (Å²) in [6.45, 7) is 6.20. The molecule has 0 N–H and O–H groups in total. The van der Waals surface area contributed by atoms with E-state index in [-0.39, 0.29) is 36.9 Å². The lowest BCUT2D eigenvalue weighted by molar-refractivity contribution is -0.145. The van der Waals surface area contributed by atoms with Crippen LogP contribution in [0.1, 0.15) is 57.4 Å². The van der Waals surface area contributed by atoms with Gasteiger partial charge < -0.3 is 9.80 Å². The Morgan fingerprint density at radius 1 is 0.968 bits per heavy atom. The standard InChI is InChI=1S/C23H33N3O4S/c1-3-17(2)18-8-10-20(11-9-18)31(29,30)25-15-13-24(14-16-25)23(28)21-5-4-12-26(21)22(27)19-6-7-19/h8-11,17,19,21H,3-7,12-16H2,1-2H3. The topological polar surface area (TPSA) is 78.0 Å². The molecular formula is C23H33N3O4S. The highest BCUT2D eigenvalue weighted by Gasteiger charge is 2.42. The minimum absolute atomic E-state index is 0.0264. The van der Waals surface area contributed by atoms with Crippen LogP contribution < -0.4 is 0 Å². The van der Waals surface area contributed by atoms with Crippen LogP contribution in [-0.2, 0) is 19.6 Å². The van der Waals surface area contributed by atoms with Gasteiger partial charge in [0.2, 0.25) is 21.8 Å². The smallest absolute Gasteiger partial charge is 0.245 e. The molecule has 2 unspecified atom stereocenters. The van der Waals surface area contributed by atoms with Gasteiger partial charge in [0.05, 0.1) is 4.90 Å². The van der Waals surface area contributed by atoms with E-state index >= 15 is 0 Å². The second-order valence-corrected chi connectivity index (χ2v) is 11.0. The Bertz CT molecular complexity index is 919. The maximum atomic E-state index is 13.1. The molecule has 1 saturated carbocycles. The summed E-state index contributed by atoms with van der Waals surface area (Å²) in [6.07, 6.45) is 4.44. The number of hydrogen-bond donors (Lipinski definition) is 0. The maximum absolute atomic E-state index is 13.1. The monoisotopic (exact) mass is 447 g/mol. The van der Waals surface area contributed by atoms with Crippen LogP contribution in [0.2, 0.25) is 0 Å². The van der Waals surface area contributed by atoms with E-state index in [0.717, 1.165) is 31.2 Å². The van der Waals surface area contributed by atoms with Gasteiger partial charge in [-0.25, -0.2) is 8.42 Å². The molecule has 0 radical (unpaired) electrons. The number of sulfonamides is 1. The van der Waals surface area contributed by atoms with Gasteiger partial charge in [-0.15, -0.1) is 0 Å². The Morgan fingerprint density at radius 2 is 1.61 bits per heavy atom. The highest BCUT2D eigenvalue weighted by molar-refractivity contribution is 7.89. The molecule has 2 aliphatic heterocycles. The lowest BCUT2D eigenvalue weighted by Gasteiger charge is -2.36. The first-order chi connectivity index (χ1) is 14.8. The SMILES string of the molecule is CCC(C)c1ccc(S(=O)(=O)N2CCN(C(=O)C3CCCN3C(=O)C3CC3)CC2)cc1. The van der Waals surface area contributed by atoms with Crippen LogP contribution in [0.4, 0.5) is 0 Å². The van der Waals surface area contributed by atoms with E-state index < -0.39 is 10.0 Å². The molecule has 0 spiro atoms. The molecule has 4 rings (SSSR count). The molecule has 2 saturated heterocycles. The lowest BCUT2D eigenvalue weighted by atomic mass is 9.99. The van der Waals surface area contributed by atoms with Gasteiger partial charge in [0.15, 0.2) is 0 Å². The van der Waals surface area contributed by atoms with Crippen molar-refractivity contribution in [3.63, 3.8) is 0 Å². The Labute approximate surface area is 185 Å². The van der Waals surface area contributed by atoms with Gasteiger partial charge in [-0.1, -0.05) is 26.0 Å². The molecule has 2 atom stereocenters. The van der Waals surface area contributed by atoms with Crippen LogP contribution in [-0.4, -0.2) is 73.1 Å². The highest BCUT2D eigenvalue weighted by atomic mass is 32.2. The summed E-state index contributed by atoms with van der Waals surface area (Å²) in [5, 5.41) is 0. The molecule has 31 heavy (non-hydrogen) atoms. The molecule has 3 fully saturated rings. The van der Waals surface area contributed by atoms with Gasteiger partial charge in [0.25, 0.3) is 0 Å². The molecule has 0 bridgehead atoms. The fourth-order valence-electron chi connectivity index (χ4n) is 4.56. The van der Waals surface area contributed by atoms with Crippen molar-refractivity contribution in [2.75, 3.05) is 32.7 Å². The minimum Gasteiger partial charge on any atom is -0.338 e. The highest BCUT2D eigenvalue weighted by Crippen LogP contribution is 2.34.